The lowest BCUT2D eigenvalue weighted by Crippen LogP contribution is -2.14. The zero-order valence-corrected chi connectivity index (χ0v) is 13.8. The van der Waals surface area contributed by atoms with Crippen LogP contribution in [0.3, 0.4) is 0 Å². The SMILES string of the molecule is CCCC1(Cn2c(C(C)Cl)nc3cc(Cl)c(F)cc32)CC1. The van der Waals surface area contributed by atoms with E-state index >= 15 is 0 Å². The van der Waals surface area contributed by atoms with Crippen molar-refractivity contribution in [2.45, 2.75) is 51.5 Å². The Morgan fingerprint density at radius 1 is 1.43 bits per heavy atom. The molecule has 5 heteroatoms. The van der Waals surface area contributed by atoms with E-state index in [1.165, 1.54) is 31.7 Å². The Kier molecular flexibility index (Phi) is 3.91. The highest BCUT2D eigenvalue weighted by Crippen LogP contribution is 2.51. The highest BCUT2D eigenvalue weighted by atomic mass is 35.5. The molecule has 0 radical (unpaired) electrons. The molecule has 0 aliphatic heterocycles. The van der Waals surface area contributed by atoms with Gasteiger partial charge in [-0.25, -0.2) is 9.37 Å². The van der Waals surface area contributed by atoms with Crippen LogP contribution >= 0.6 is 23.2 Å². The lowest BCUT2D eigenvalue weighted by atomic mass is 10.0. The monoisotopic (exact) mass is 328 g/mol. The van der Waals surface area contributed by atoms with E-state index in [0.29, 0.717) is 5.41 Å². The minimum atomic E-state index is -0.403. The molecule has 0 spiro atoms. The molecule has 0 N–H and O–H groups in total. The number of fused-ring (bicyclic) bond motifs is 1. The van der Waals surface area contributed by atoms with E-state index in [9.17, 15) is 4.39 Å². The molecule has 1 saturated carbocycles. The van der Waals surface area contributed by atoms with Crippen LogP contribution in [0.1, 0.15) is 50.7 Å². The number of hydrogen-bond acceptors (Lipinski definition) is 1. The fourth-order valence-electron chi connectivity index (χ4n) is 3.14. The van der Waals surface area contributed by atoms with Crippen LogP contribution in [0.5, 0.6) is 0 Å². The summed E-state index contributed by atoms with van der Waals surface area (Å²) < 4.78 is 15.9. The summed E-state index contributed by atoms with van der Waals surface area (Å²) >= 11 is 12.1. The maximum absolute atomic E-state index is 13.8. The van der Waals surface area contributed by atoms with Crippen molar-refractivity contribution in [3.8, 4) is 0 Å². The minimum absolute atomic E-state index is 0.107. The quantitative estimate of drug-likeness (QED) is 0.643. The molecule has 1 fully saturated rings. The van der Waals surface area contributed by atoms with E-state index in [1.54, 1.807) is 6.07 Å². The van der Waals surface area contributed by atoms with Gasteiger partial charge in [0.25, 0.3) is 0 Å². The molecule has 1 aliphatic rings. The molecule has 0 amide bonds. The van der Waals surface area contributed by atoms with Crippen molar-refractivity contribution < 1.29 is 4.39 Å². The fourth-order valence-corrected chi connectivity index (χ4v) is 3.46. The van der Waals surface area contributed by atoms with E-state index in [4.69, 9.17) is 23.2 Å². The second-order valence-electron chi connectivity index (χ2n) is 6.18. The maximum Gasteiger partial charge on any atom is 0.144 e. The molecule has 1 aliphatic carbocycles. The molecule has 1 unspecified atom stereocenters. The van der Waals surface area contributed by atoms with E-state index in [1.807, 2.05) is 6.92 Å². The molecule has 1 aromatic carbocycles. The number of imidazole rings is 1. The van der Waals surface area contributed by atoms with Crippen LogP contribution in [-0.2, 0) is 6.54 Å². The summed E-state index contributed by atoms with van der Waals surface area (Å²) in [5, 5.41) is -0.104. The number of rotatable bonds is 5. The van der Waals surface area contributed by atoms with Crippen LogP contribution in [0, 0.1) is 11.2 Å². The second-order valence-corrected chi connectivity index (χ2v) is 7.24. The van der Waals surface area contributed by atoms with Gasteiger partial charge in [0, 0.05) is 12.6 Å². The highest BCUT2D eigenvalue weighted by Gasteiger charge is 2.42. The van der Waals surface area contributed by atoms with Crippen LogP contribution in [0.2, 0.25) is 5.02 Å². The van der Waals surface area contributed by atoms with E-state index in [2.05, 4.69) is 16.5 Å². The van der Waals surface area contributed by atoms with Crippen LogP contribution in [0.25, 0.3) is 11.0 Å². The zero-order valence-electron chi connectivity index (χ0n) is 12.3. The number of hydrogen-bond donors (Lipinski definition) is 0. The van der Waals surface area contributed by atoms with Crippen LogP contribution in [0.15, 0.2) is 12.1 Å². The van der Waals surface area contributed by atoms with Crippen molar-refractivity contribution in [1.82, 2.24) is 9.55 Å². The molecule has 2 aromatic rings. The largest absolute Gasteiger partial charge is 0.326 e. The Morgan fingerprint density at radius 3 is 2.71 bits per heavy atom. The maximum atomic E-state index is 13.8. The van der Waals surface area contributed by atoms with Gasteiger partial charge in [-0.2, -0.15) is 0 Å². The molecule has 0 bridgehead atoms. The van der Waals surface area contributed by atoms with Gasteiger partial charge in [-0.15, -0.1) is 11.6 Å². The third-order valence-corrected chi connectivity index (χ3v) is 4.89. The van der Waals surface area contributed by atoms with Gasteiger partial charge < -0.3 is 4.57 Å². The van der Waals surface area contributed by atoms with Crippen LogP contribution in [0.4, 0.5) is 4.39 Å². The average Bonchev–Trinajstić information content (AvgIpc) is 3.09. The predicted octanol–water partition coefficient (Wildman–Crippen LogP) is 5.71. The van der Waals surface area contributed by atoms with E-state index in [-0.39, 0.29) is 10.4 Å². The summed E-state index contributed by atoms with van der Waals surface area (Å²) in [6, 6.07) is 3.07. The first-order valence-corrected chi connectivity index (χ1v) is 8.26. The smallest absolute Gasteiger partial charge is 0.144 e. The predicted molar refractivity (Wildman–Crippen MR) is 85.5 cm³/mol. The average molecular weight is 329 g/mol. The molecule has 21 heavy (non-hydrogen) atoms. The molecule has 114 valence electrons. The molecular weight excluding hydrogens is 310 g/mol. The van der Waals surface area contributed by atoms with Gasteiger partial charge in [0.05, 0.1) is 21.4 Å². The summed E-state index contributed by atoms with van der Waals surface area (Å²) in [5.41, 5.74) is 1.86. The first-order chi connectivity index (χ1) is 9.96. The Morgan fingerprint density at radius 2 is 2.14 bits per heavy atom. The van der Waals surface area contributed by atoms with Crippen molar-refractivity contribution in [3.05, 3.63) is 28.8 Å². The molecule has 2 nitrogen and oxygen atoms in total. The standard InChI is InChI=1S/C16H19Cl2FN2/c1-3-4-16(5-6-16)9-21-14-8-12(19)11(18)7-13(14)20-15(21)10(2)17/h7-8,10H,3-6,9H2,1-2H3. The van der Waals surface area contributed by atoms with Crippen molar-refractivity contribution in [3.63, 3.8) is 0 Å². The lowest BCUT2D eigenvalue weighted by Gasteiger charge is -2.18. The van der Waals surface area contributed by atoms with E-state index in [0.717, 1.165) is 23.4 Å². The Bertz CT molecular complexity index is 674. The zero-order chi connectivity index (χ0) is 15.2. The Labute approximate surface area is 134 Å². The minimum Gasteiger partial charge on any atom is -0.326 e. The van der Waals surface area contributed by atoms with Gasteiger partial charge in [0.2, 0.25) is 0 Å². The van der Waals surface area contributed by atoms with Crippen molar-refractivity contribution >= 4 is 34.2 Å². The Hall–Kier alpha value is -0.800. The van der Waals surface area contributed by atoms with Gasteiger partial charge in [0.1, 0.15) is 11.6 Å². The van der Waals surface area contributed by atoms with Gasteiger partial charge >= 0.3 is 0 Å². The van der Waals surface area contributed by atoms with Crippen LogP contribution < -0.4 is 0 Å². The normalized spacial score (nSPS) is 18.1. The van der Waals surface area contributed by atoms with Crippen molar-refractivity contribution in [2.24, 2.45) is 5.41 Å². The molecule has 1 aromatic heterocycles. The molecule has 3 rings (SSSR count). The molecule has 1 heterocycles. The third-order valence-electron chi connectivity index (χ3n) is 4.41. The molecule has 1 atom stereocenters. The van der Waals surface area contributed by atoms with Gasteiger partial charge in [-0.3, -0.25) is 0 Å². The van der Waals surface area contributed by atoms with Crippen molar-refractivity contribution in [2.75, 3.05) is 0 Å². The first kappa shape index (κ1) is 15.1. The summed E-state index contributed by atoms with van der Waals surface area (Å²) in [7, 11) is 0. The van der Waals surface area contributed by atoms with Gasteiger partial charge in [-0.05, 0) is 37.7 Å². The Balaban J connectivity index is 2.10. The van der Waals surface area contributed by atoms with Gasteiger partial charge in [0.15, 0.2) is 0 Å². The summed E-state index contributed by atoms with van der Waals surface area (Å²) in [4.78, 5) is 4.57. The number of aromatic nitrogens is 2. The number of halogens is 3. The summed E-state index contributed by atoms with van der Waals surface area (Å²) in [5.74, 6) is 0.398. The molecular formula is C16H19Cl2FN2. The van der Waals surface area contributed by atoms with Crippen molar-refractivity contribution in [1.29, 1.82) is 0 Å². The summed E-state index contributed by atoms with van der Waals surface area (Å²) in [6.07, 6.45) is 4.82. The molecule has 0 saturated heterocycles. The highest BCUT2D eigenvalue weighted by molar-refractivity contribution is 6.31. The van der Waals surface area contributed by atoms with E-state index < -0.39 is 5.82 Å². The topological polar surface area (TPSA) is 17.8 Å². The second kappa shape index (κ2) is 5.44. The third kappa shape index (κ3) is 2.78. The lowest BCUT2D eigenvalue weighted by molar-refractivity contribution is 0.387. The summed E-state index contributed by atoms with van der Waals surface area (Å²) in [6.45, 7) is 4.97. The van der Waals surface area contributed by atoms with Gasteiger partial charge in [-0.1, -0.05) is 24.9 Å². The first-order valence-electron chi connectivity index (χ1n) is 7.45. The number of benzene rings is 1. The number of alkyl halides is 1. The fraction of sp³-hybridized carbons (Fsp3) is 0.562. The number of nitrogens with zero attached hydrogens (tertiary/aromatic N) is 2. The van der Waals surface area contributed by atoms with Crippen LogP contribution in [-0.4, -0.2) is 9.55 Å².